The number of hydrogen-bond acceptors (Lipinski definition) is 4. The fourth-order valence-electron chi connectivity index (χ4n) is 3.95. The van der Waals surface area contributed by atoms with E-state index in [0.29, 0.717) is 18.2 Å². The summed E-state index contributed by atoms with van der Waals surface area (Å²) in [6.07, 6.45) is 6.17. The number of hydrogen-bond donors (Lipinski definition) is 2. The maximum Gasteiger partial charge on any atom is 0.270 e. The van der Waals surface area contributed by atoms with Crippen molar-refractivity contribution in [2.75, 3.05) is 6.54 Å². The summed E-state index contributed by atoms with van der Waals surface area (Å²) in [4.78, 5) is 16.6. The number of halogens is 1. The molecule has 1 heterocycles. The number of thiazole rings is 1. The first kappa shape index (κ1) is 16.7. The molecule has 1 aromatic rings. The maximum atomic E-state index is 12.2. The van der Waals surface area contributed by atoms with Gasteiger partial charge in [-0.2, -0.15) is 0 Å². The fourth-order valence-corrected chi connectivity index (χ4v) is 4.74. The van der Waals surface area contributed by atoms with Gasteiger partial charge in [-0.1, -0.05) is 6.42 Å². The Bertz CT molecular complexity index is 493. The summed E-state index contributed by atoms with van der Waals surface area (Å²) in [5.74, 6) is 2.39. The summed E-state index contributed by atoms with van der Waals surface area (Å²) < 4.78 is 0. The second-order valence-electron chi connectivity index (χ2n) is 6.27. The lowest BCUT2D eigenvalue weighted by molar-refractivity contribution is 0.0910. The van der Waals surface area contributed by atoms with E-state index in [9.17, 15) is 4.79 Å². The standard InChI is InChI=1S/C15H23N3OS.ClH/c1-9(12-7-10-2-3-11(12)6-10)17-15(19)13-8-20-14(18-13)4-5-16;/h8-12H,2-7,16H2,1H3,(H,17,19);1H. The first-order valence-electron chi connectivity index (χ1n) is 7.62. The van der Waals surface area contributed by atoms with Crippen LogP contribution in [-0.2, 0) is 6.42 Å². The van der Waals surface area contributed by atoms with E-state index in [1.54, 1.807) is 0 Å². The van der Waals surface area contributed by atoms with E-state index in [2.05, 4.69) is 17.2 Å². The molecule has 2 fully saturated rings. The van der Waals surface area contributed by atoms with Gasteiger partial charge in [0.2, 0.25) is 0 Å². The second kappa shape index (κ2) is 7.07. The molecule has 4 unspecified atom stereocenters. The molecule has 4 nitrogen and oxygen atoms in total. The number of carbonyl (C=O) groups is 1. The van der Waals surface area contributed by atoms with E-state index < -0.39 is 0 Å². The molecule has 2 aliphatic rings. The Morgan fingerprint density at radius 3 is 2.95 bits per heavy atom. The molecule has 118 valence electrons. The molecule has 2 aliphatic carbocycles. The average Bonchev–Trinajstić information content (AvgIpc) is 3.14. The minimum absolute atomic E-state index is 0. The molecule has 2 saturated carbocycles. The highest BCUT2D eigenvalue weighted by Gasteiger charge is 2.42. The van der Waals surface area contributed by atoms with Crippen molar-refractivity contribution in [2.24, 2.45) is 23.5 Å². The minimum atomic E-state index is -0.0280. The highest BCUT2D eigenvalue weighted by Crippen LogP contribution is 2.49. The molecular weight excluding hydrogens is 306 g/mol. The number of rotatable bonds is 5. The van der Waals surface area contributed by atoms with Crippen LogP contribution in [0.4, 0.5) is 0 Å². The number of fused-ring (bicyclic) bond motifs is 2. The quantitative estimate of drug-likeness (QED) is 0.872. The zero-order chi connectivity index (χ0) is 14.1. The fraction of sp³-hybridized carbons (Fsp3) is 0.733. The van der Waals surface area contributed by atoms with Gasteiger partial charge in [0.1, 0.15) is 5.69 Å². The van der Waals surface area contributed by atoms with Crippen molar-refractivity contribution >= 4 is 29.7 Å². The van der Waals surface area contributed by atoms with Gasteiger partial charge in [0.05, 0.1) is 5.01 Å². The molecule has 0 spiro atoms. The molecule has 3 rings (SSSR count). The summed E-state index contributed by atoms with van der Waals surface area (Å²) >= 11 is 1.52. The lowest BCUT2D eigenvalue weighted by atomic mass is 9.84. The lowest BCUT2D eigenvalue weighted by Gasteiger charge is -2.28. The van der Waals surface area contributed by atoms with Gasteiger partial charge in [0.15, 0.2) is 0 Å². The van der Waals surface area contributed by atoms with Gasteiger partial charge in [-0.05, 0) is 50.5 Å². The first-order valence-corrected chi connectivity index (χ1v) is 8.50. The summed E-state index contributed by atoms with van der Waals surface area (Å²) in [5, 5.41) is 5.94. The predicted octanol–water partition coefficient (Wildman–Crippen LogP) is 2.62. The Kier molecular flexibility index (Phi) is 5.63. The molecule has 0 radical (unpaired) electrons. The molecule has 2 bridgehead atoms. The van der Waals surface area contributed by atoms with Crippen molar-refractivity contribution in [1.82, 2.24) is 10.3 Å². The molecule has 1 aromatic heterocycles. The van der Waals surface area contributed by atoms with Crippen LogP contribution >= 0.6 is 23.7 Å². The first-order chi connectivity index (χ1) is 9.67. The Morgan fingerprint density at radius 1 is 1.52 bits per heavy atom. The van der Waals surface area contributed by atoms with E-state index in [1.807, 2.05) is 5.38 Å². The van der Waals surface area contributed by atoms with E-state index >= 15 is 0 Å². The van der Waals surface area contributed by atoms with Crippen LogP contribution in [-0.4, -0.2) is 23.5 Å². The van der Waals surface area contributed by atoms with E-state index in [0.717, 1.165) is 23.3 Å². The van der Waals surface area contributed by atoms with Crippen LogP contribution in [0.2, 0.25) is 0 Å². The molecule has 0 aromatic carbocycles. The number of aromatic nitrogens is 1. The van der Waals surface area contributed by atoms with Crippen LogP contribution in [0.1, 0.15) is 48.1 Å². The number of amides is 1. The third-order valence-corrected chi connectivity index (χ3v) is 5.84. The van der Waals surface area contributed by atoms with Crippen LogP contribution in [0.3, 0.4) is 0 Å². The molecular formula is C15H24ClN3OS. The summed E-state index contributed by atoms with van der Waals surface area (Å²) in [6.45, 7) is 2.73. The van der Waals surface area contributed by atoms with Crippen molar-refractivity contribution in [2.45, 2.75) is 45.1 Å². The monoisotopic (exact) mass is 329 g/mol. The number of nitrogens with one attached hydrogen (secondary N) is 1. The molecule has 1 amide bonds. The van der Waals surface area contributed by atoms with Crippen LogP contribution in [0.15, 0.2) is 5.38 Å². The molecule has 21 heavy (non-hydrogen) atoms. The third-order valence-electron chi connectivity index (χ3n) is 4.94. The van der Waals surface area contributed by atoms with Gasteiger partial charge < -0.3 is 11.1 Å². The van der Waals surface area contributed by atoms with E-state index in [4.69, 9.17) is 5.73 Å². The average molecular weight is 330 g/mol. The summed E-state index contributed by atoms with van der Waals surface area (Å²) in [6, 6.07) is 0.262. The Morgan fingerprint density at radius 2 is 2.33 bits per heavy atom. The highest BCUT2D eigenvalue weighted by molar-refractivity contribution is 7.09. The van der Waals surface area contributed by atoms with Gasteiger partial charge in [0.25, 0.3) is 5.91 Å². The van der Waals surface area contributed by atoms with Crippen molar-refractivity contribution in [1.29, 1.82) is 0 Å². The second-order valence-corrected chi connectivity index (χ2v) is 7.21. The van der Waals surface area contributed by atoms with Gasteiger partial charge in [-0.25, -0.2) is 4.98 Å². The molecule has 0 aliphatic heterocycles. The largest absolute Gasteiger partial charge is 0.348 e. The molecule has 0 saturated heterocycles. The SMILES string of the molecule is CC(NC(=O)c1csc(CCN)n1)C1CC2CCC1C2.Cl. The zero-order valence-electron chi connectivity index (χ0n) is 12.4. The minimum Gasteiger partial charge on any atom is -0.348 e. The van der Waals surface area contributed by atoms with Crippen molar-refractivity contribution in [3.8, 4) is 0 Å². The number of carbonyl (C=O) groups excluding carboxylic acids is 1. The molecule has 3 N–H and O–H groups in total. The highest BCUT2D eigenvalue weighted by atomic mass is 35.5. The molecule has 6 heteroatoms. The molecule has 4 atom stereocenters. The van der Waals surface area contributed by atoms with E-state index in [1.165, 1.54) is 37.0 Å². The van der Waals surface area contributed by atoms with Gasteiger partial charge in [-0.15, -0.1) is 23.7 Å². The summed E-state index contributed by atoms with van der Waals surface area (Å²) in [5.41, 5.74) is 6.06. The van der Waals surface area contributed by atoms with Crippen molar-refractivity contribution in [3.05, 3.63) is 16.1 Å². The van der Waals surface area contributed by atoms with Crippen LogP contribution < -0.4 is 11.1 Å². The smallest absolute Gasteiger partial charge is 0.270 e. The topological polar surface area (TPSA) is 68.0 Å². The van der Waals surface area contributed by atoms with E-state index in [-0.39, 0.29) is 24.4 Å². The number of nitrogens with zero attached hydrogens (tertiary/aromatic N) is 1. The third kappa shape index (κ3) is 3.58. The maximum absolute atomic E-state index is 12.2. The predicted molar refractivity (Wildman–Crippen MR) is 88.0 cm³/mol. The van der Waals surface area contributed by atoms with Crippen LogP contribution in [0.5, 0.6) is 0 Å². The Balaban J connectivity index is 0.00000161. The van der Waals surface area contributed by atoms with Gasteiger partial charge in [-0.3, -0.25) is 4.79 Å². The lowest BCUT2D eigenvalue weighted by Crippen LogP contribution is -2.40. The van der Waals surface area contributed by atoms with Crippen LogP contribution in [0, 0.1) is 17.8 Å². The van der Waals surface area contributed by atoms with Crippen molar-refractivity contribution in [3.63, 3.8) is 0 Å². The number of nitrogens with two attached hydrogens (primary N) is 1. The summed E-state index contributed by atoms with van der Waals surface area (Å²) in [7, 11) is 0. The Hall–Kier alpha value is -0.650. The van der Waals surface area contributed by atoms with Gasteiger partial charge in [0, 0.05) is 17.8 Å². The normalized spacial score (nSPS) is 28.2. The van der Waals surface area contributed by atoms with Gasteiger partial charge >= 0.3 is 0 Å². The van der Waals surface area contributed by atoms with Crippen LogP contribution in [0.25, 0.3) is 0 Å². The Labute approximate surface area is 136 Å². The zero-order valence-corrected chi connectivity index (χ0v) is 14.0. The van der Waals surface area contributed by atoms with Crippen molar-refractivity contribution < 1.29 is 4.79 Å².